The summed E-state index contributed by atoms with van der Waals surface area (Å²) in [5.74, 6) is 0.447. The summed E-state index contributed by atoms with van der Waals surface area (Å²) < 4.78 is 4.92. The van der Waals surface area contributed by atoms with Crippen LogP contribution in [0, 0.1) is 0 Å². The van der Waals surface area contributed by atoms with Crippen molar-refractivity contribution >= 4 is 6.29 Å². The highest BCUT2D eigenvalue weighted by atomic mass is 16.5. The van der Waals surface area contributed by atoms with E-state index in [1.54, 1.807) is 19.4 Å². The summed E-state index contributed by atoms with van der Waals surface area (Å²) in [6, 6.07) is 3.57. The number of carbonyl (C=O) groups excluding carboxylic acids is 1. The van der Waals surface area contributed by atoms with Crippen LogP contribution >= 0.6 is 0 Å². The van der Waals surface area contributed by atoms with Crippen LogP contribution in [0.3, 0.4) is 0 Å². The number of nitrogens with zero attached hydrogens (tertiary/aromatic N) is 1. The number of hydrogen-bond donors (Lipinski definition) is 0. The maximum Gasteiger partial charge on any atom is 0.213 e. The molecule has 0 spiro atoms. The Bertz CT molecular complexity index is 273. The van der Waals surface area contributed by atoms with Crippen LogP contribution in [-0.2, 0) is 4.79 Å². The monoisotopic (exact) mass is 165 g/mol. The van der Waals surface area contributed by atoms with E-state index in [9.17, 15) is 4.79 Å². The van der Waals surface area contributed by atoms with Gasteiger partial charge in [-0.15, -0.1) is 0 Å². The molecule has 3 nitrogen and oxygen atoms in total. The van der Waals surface area contributed by atoms with E-state index < -0.39 is 0 Å². The summed E-state index contributed by atoms with van der Waals surface area (Å²) >= 11 is 0. The highest BCUT2D eigenvalue weighted by Gasteiger charge is 2.04. The van der Waals surface area contributed by atoms with Gasteiger partial charge in [-0.1, -0.05) is 6.92 Å². The van der Waals surface area contributed by atoms with Crippen molar-refractivity contribution in [3.63, 3.8) is 0 Å². The second-order valence-corrected chi connectivity index (χ2v) is 2.56. The number of aromatic nitrogens is 1. The van der Waals surface area contributed by atoms with Gasteiger partial charge in [0.1, 0.15) is 6.29 Å². The van der Waals surface area contributed by atoms with Crippen molar-refractivity contribution in [3.8, 4) is 5.88 Å². The molecule has 0 saturated carbocycles. The molecular weight excluding hydrogens is 154 g/mol. The fourth-order valence-corrected chi connectivity index (χ4v) is 0.898. The Morgan fingerprint density at radius 2 is 2.42 bits per heavy atom. The Morgan fingerprint density at radius 3 is 3.00 bits per heavy atom. The normalized spacial score (nSPS) is 12.2. The number of methoxy groups -OCH3 is 1. The van der Waals surface area contributed by atoms with Crippen molar-refractivity contribution in [2.45, 2.75) is 12.8 Å². The van der Waals surface area contributed by atoms with E-state index in [0.29, 0.717) is 5.88 Å². The van der Waals surface area contributed by atoms with Crippen molar-refractivity contribution in [2.75, 3.05) is 7.11 Å². The van der Waals surface area contributed by atoms with Gasteiger partial charge in [0.05, 0.1) is 7.11 Å². The van der Waals surface area contributed by atoms with Crippen LogP contribution in [0.15, 0.2) is 18.3 Å². The van der Waals surface area contributed by atoms with Gasteiger partial charge in [-0.3, -0.25) is 0 Å². The molecule has 3 heteroatoms. The molecule has 0 saturated heterocycles. The van der Waals surface area contributed by atoms with Crippen LogP contribution in [0.2, 0.25) is 0 Å². The van der Waals surface area contributed by atoms with Gasteiger partial charge in [-0.25, -0.2) is 4.98 Å². The molecule has 0 aliphatic carbocycles. The highest BCUT2D eigenvalue weighted by Crippen LogP contribution is 2.15. The predicted molar refractivity (Wildman–Crippen MR) is 45.3 cm³/mol. The van der Waals surface area contributed by atoms with Gasteiger partial charge in [0.2, 0.25) is 5.88 Å². The number of pyridine rings is 1. The van der Waals surface area contributed by atoms with E-state index in [-0.39, 0.29) is 5.92 Å². The minimum absolute atomic E-state index is 0.0955. The second-order valence-electron chi connectivity index (χ2n) is 2.56. The van der Waals surface area contributed by atoms with E-state index in [4.69, 9.17) is 4.74 Å². The van der Waals surface area contributed by atoms with Crippen LogP contribution in [0.25, 0.3) is 0 Å². The van der Waals surface area contributed by atoms with Crippen molar-refractivity contribution < 1.29 is 9.53 Å². The van der Waals surface area contributed by atoms with Gasteiger partial charge >= 0.3 is 0 Å². The average Bonchev–Trinajstić information content (AvgIpc) is 2.17. The third kappa shape index (κ3) is 1.81. The number of aldehydes is 1. The van der Waals surface area contributed by atoms with Crippen molar-refractivity contribution in [1.29, 1.82) is 0 Å². The number of ether oxygens (including phenoxy) is 1. The summed E-state index contributed by atoms with van der Waals surface area (Å²) in [5, 5.41) is 0. The van der Waals surface area contributed by atoms with Crippen LogP contribution in [0.5, 0.6) is 5.88 Å². The third-order valence-corrected chi connectivity index (χ3v) is 1.70. The summed E-state index contributed by atoms with van der Waals surface area (Å²) in [6.45, 7) is 1.84. The van der Waals surface area contributed by atoms with Gasteiger partial charge in [0.25, 0.3) is 0 Å². The van der Waals surface area contributed by atoms with Crippen LogP contribution in [-0.4, -0.2) is 18.4 Å². The molecule has 0 N–H and O–H groups in total. The molecule has 0 fully saturated rings. The average molecular weight is 165 g/mol. The predicted octanol–water partition coefficient (Wildman–Crippen LogP) is 1.39. The summed E-state index contributed by atoms with van der Waals surface area (Å²) in [7, 11) is 1.55. The van der Waals surface area contributed by atoms with Gasteiger partial charge in [-0.2, -0.15) is 0 Å². The van der Waals surface area contributed by atoms with Gasteiger partial charge in [0.15, 0.2) is 0 Å². The van der Waals surface area contributed by atoms with E-state index in [2.05, 4.69) is 4.98 Å². The molecule has 1 aromatic rings. The Kier molecular flexibility index (Phi) is 2.80. The lowest BCUT2D eigenvalue weighted by Crippen LogP contribution is -1.96. The number of carbonyl (C=O) groups is 1. The highest BCUT2D eigenvalue weighted by molar-refractivity contribution is 5.61. The minimum atomic E-state index is -0.0955. The number of rotatable bonds is 3. The lowest BCUT2D eigenvalue weighted by Gasteiger charge is -2.04. The zero-order valence-corrected chi connectivity index (χ0v) is 7.15. The van der Waals surface area contributed by atoms with Crippen molar-refractivity contribution in [2.24, 2.45) is 0 Å². The van der Waals surface area contributed by atoms with E-state index in [1.165, 1.54) is 0 Å². The van der Waals surface area contributed by atoms with Crippen LogP contribution in [0.1, 0.15) is 18.4 Å². The molecule has 1 rings (SSSR count). The molecule has 12 heavy (non-hydrogen) atoms. The molecule has 0 bridgehead atoms. The van der Waals surface area contributed by atoms with E-state index in [1.807, 2.05) is 13.0 Å². The molecule has 1 atom stereocenters. The van der Waals surface area contributed by atoms with E-state index in [0.717, 1.165) is 11.8 Å². The molecule has 0 radical (unpaired) electrons. The van der Waals surface area contributed by atoms with Gasteiger partial charge in [0, 0.05) is 18.2 Å². The molecule has 1 aromatic heterocycles. The topological polar surface area (TPSA) is 39.2 Å². The smallest absolute Gasteiger partial charge is 0.213 e. The fraction of sp³-hybridized carbons (Fsp3) is 0.333. The standard InChI is InChI=1S/C9H11NO2/c1-7(6-11)8-3-4-10-9(5-8)12-2/h3-7H,1-2H3. The molecule has 0 aliphatic heterocycles. The maximum absolute atomic E-state index is 10.4. The SMILES string of the molecule is COc1cc(C(C)C=O)ccn1. The molecule has 1 unspecified atom stereocenters. The Morgan fingerprint density at radius 1 is 1.67 bits per heavy atom. The summed E-state index contributed by atoms with van der Waals surface area (Å²) in [4.78, 5) is 14.4. The molecule has 0 amide bonds. The minimum Gasteiger partial charge on any atom is -0.481 e. The molecule has 64 valence electrons. The van der Waals surface area contributed by atoms with Crippen molar-refractivity contribution in [3.05, 3.63) is 23.9 Å². The zero-order valence-electron chi connectivity index (χ0n) is 7.15. The van der Waals surface area contributed by atoms with E-state index >= 15 is 0 Å². The first kappa shape index (κ1) is 8.71. The Hall–Kier alpha value is -1.38. The fourth-order valence-electron chi connectivity index (χ4n) is 0.898. The first-order valence-corrected chi connectivity index (χ1v) is 3.73. The van der Waals surface area contributed by atoms with Crippen LogP contribution in [0.4, 0.5) is 0 Å². The molecule has 0 aliphatic rings. The lowest BCUT2D eigenvalue weighted by molar-refractivity contribution is -0.108. The van der Waals surface area contributed by atoms with Crippen molar-refractivity contribution in [1.82, 2.24) is 4.98 Å². The quantitative estimate of drug-likeness (QED) is 0.635. The third-order valence-electron chi connectivity index (χ3n) is 1.70. The van der Waals surface area contributed by atoms with Gasteiger partial charge in [-0.05, 0) is 11.6 Å². The van der Waals surface area contributed by atoms with Crippen LogP contribution < -0.4 is 4.74 Å². The lowest BCUT2D eigenvalue weighted by atomic mass is 10.1. The maximum atomic E-state index is 10.4. The Balaban J connectivity index is 2.93. The first-order valence-electron chi connectivity index (χ1n) is 3.73. The number of hydrogen-bond acceptors (Lipinski definition) is 3. The second kappa shape index (κ2) is 3.85. The molecule has 1 heterocycles. The van der Waals surface area contributed by atoms with Gasteiger partial charge < -0.3 is 9.53 Å². The largest absolute Gasteiger partial charge is 0.481 e. The first-order chi connectivity index (χ1) is 5.77. The zero-order chi connectivity index (χ0) is 8.97. The Labute approximate surface area is 71.4 Å². The summed E-state index contributed by atoms with van der Waals surface area (Å²) in [5.41, 5.74) is 0.928. The summed E-state index contributed by atoms with van der Waals surface area (Å²) in [6.07, 6.45) is 2.53. The molecule has 0 aromatic carbocycles. The molecular formula is C9H11NO2.